The number of nitrogens with zero attached hydrogens (tertiary/aromatic N) is 6. The van der Waals surface area contributed by atoms with Gasteiger partial charge in [0.1, 0.15) is 12.2 Å². The third-order valence-corrected chi connectivity index (χ3v) is 5.97. The van der Waals surface area contributed by atoms with Gasteiger partial charge in [0.2, 0.25) is 0 Å². The number of ether oxygens (including phenoxy) is 1. The Morgan fingerprint density at radius 2 is 2.05 bits per heavy atom. The van der Waals surface area contributed by atoms with E-state index in [1.165, 1.54) is 24.2 Å². The van der Waals surface area contributed by atoms with Crippen molar-refractivity contribution in [2.75, 3.05) is 12.4 Å². The van der Waals surface area contributed by atoms with E-state index in [2.05, 4.69) is 40.6 Å². The van der Waals surface area contributed by atoms with Crippen molar-refractivity contribution in [3.63, 3.8) is 0 Å². The molecule has 14 heteroatoms. The van der Waals surface area contributed by atoms with Crippen LogP contribution >= 0.6 is 11.6 Å². The number of rotatable bonds is 7. The smallest absolute Gasteiger partial charge is 0.275 e. The van der Waals surface area contributed by atoms with Crippen LogP contribution in [0.4, 0.5) is 5.82 Å². The highest BCUT2D eigenvalue weighted by Crippen LogP contribution is 2.34. The quantitative estimate of drug-likeness (QED) is 0.255. The van der Waals surface area contributed by atoms with Crippen LogP contribution < -0.4 is 10.8 Å². The average molecular weight is 527 g/mol. The summed E-state index contributed by atoms with van der Waals surface area (Å²) >= 11 is 6.14. The van der Waals surface area contributed by atoms with Crippen molar-refractivity contribution in [2.45, 2.75) is 38.0 Å². The second-order valence-electron chi connectivity index (χ2n) is 8.39. The molecule has 5 heterocycles. The highest BCUT2D eigenvalue weighted by atomic mass is 35.5. The van der Waals surface area contributed by atoms with E-state index in [1.807, 2.05) is 19.1 Å². The third kappa shape index (κ3) is 4.95. The molecule has 4 atom stereocenters. The lowest BCUT2D eigenvalue weighted by molar-refractivity contribution is -0.148. The zero-order valence-corrected chi connectivity index (χ0v) is 20.5. The van der Waals surface area contributed by atoms with Gasteiger partial charge in [-0.3, -0.25) is 24.2 Å². The fourth-order valence-corrected chi connectivity index (χ4v) is 4.20. The molecule has 4 N–H and O–H groups in total. The van der Waals surface area contributed by atoms with Crippen molar-refractivity contribution in [3.8, 4) is 11.4 Å². The summed E-state index contributed by atoms with van der Waals surface area (Å²) in [6.45, 7) is 2.33. The van der Waals surface area contributed by atoms with Gasteiger partial charge >= 0.3 is 0 Å². The first-order valence-corrected chi connectivity index (χ1v) is 11.6. The number of fused-ring (bicyclic) bond motifs is 1. The molecule has 0 radical (unpaired) electrons. The molecule has 4 aromatic rings. The molecule has 37 heavy (non-hydrogen) atoms. The Morgan fingerprint density at radius 3 is 2.81 bits per heavy atom. The van der Waals surface area contributed by atoms with Crippen LogP contribution in [-0.2, 0) is 20.9 Å². The number of halogens is 1. The zero-order valence-electron chi connectivity index (χ0n) is 19.7. The Bertz CT molecular complexity index is 1450. The first-order chi connectivity index (χ1) is 17.9. The average Bonchev–Trinajstić information content (AvgIpc) is 3.43. The van der Waals surface area contributed by atoms with Crippen LogP contribution in [0.5, 0.6) is 0 Å². The highest BCUT2D eigenvalue weighted by molar-refractivity contribution is 6.30. The maximum absolute atomic E-state index is 12.2. The minimum atomic E-state index is -1.51. The molecule has 13 nitrogen and oxygen atoms in total. The number of imidazole rings is 1. The molecule has 1 fully saturated rings. The second-order valence-corrected chi connectivity index (χ2v) is 8.83. The van der Waals surface area contributed by atoms with Crippen LogP contribution in [0.3, 0.4) is 0 Å². The van der Waals surface area contributed by atoms with Gasteiger partial charge in [0.25, 0.3) is 5.91 Å². The van der Waals surface area contributed by atoms with Crippen molar-refractivity contribution >= 4 is 34.5 Å². The molecular weight excluding hydrogens is 504 g/mol. The van der Waals surface area contributed by atoms with Gasteiger partial charge in [0, 0.05) is 24.2 Å². The maximum Gasteiger partial charge on any atom is 0.275 e. The lowest BCUT2D eigenvalue weighted by atomic mass is 10.1. The van der Waals surface area contributed by atoms with E-state index in [0.717, 1.165) is 11.3 Å². The molecule has 1 saturated heterocycles. The van der Waals surface area contributed by atoms with Gasteiger partial charge < -0.3 is 20.3 Å². The number of aliphatic hydroxyl groups is 2. The van der Waals surface area contributed by atoms with Crippen molar-refractivity contribution in [1.29, 1.82) is 0 Å². The maximum atomic E-state index is 12.2. The van der Waals surface area contributed by atoms with Crippen LogP contribution in [0.2, 0.25) is 5.02 Å². The fraction of sp³-hybridized carbons (Fsp3) is 0.304. The van der Waals surface area contributed by atoms with Crippen molar-refractivity contribution in [2.24, 2.45) is 0 Å². The van der Waals surface area contributed by atoms with E-state index in [-0.39, 0.29) is 11.5 Å². The number of carbonyl (C=O) groups excluding carboxylic acids is 1. The lowest BCUT2D eigenvalue weighted by Crippen LogP contribution is -2.42. The van der Waals surface area contributed by atoms with Crippen LogP contribution in [-0.4, -0.2) is 71.0 Å². The summed E-state index contributed by atoms with van der Waals surface area (Å²) < 4.78 is 7.14. The van der Waals surface area contributed by atoms with Crippen LogP contribution in [0, 0.1) is 6.92 Å². The normalized spacial score (nSPS) is 21.3. The first-order valence-electron chi connectivity index (χ1n) is 11.2. The third-order valence-electron chi connectivity index (χ3n) is 5.77. The number of hydrogen-bond acceptors (Lipinski definition) is 11. The Hall–Kier alpha value is -3.75. The van der Waals surface area contributed by atoms with E-state index < -0.39 is 30.4 Å². The number of aryl methyl sites for hydroxylation is 1. The molecule has 4 aromatic heterocycles. The largest absolute Gasteiger partial charge is 0.387 e. The predicted molar refractivity (Wildman–Crippen MR) is 131 cm³/mol. The van der Waals surface area contributed by atoms with E-state index in [1.54, 1.807) is 18.5 Å². The molecule has 192 valence electrons. The first kappa shape index (κ1) is 24.9. The van der Waals surface area contributed by atoms with Crippen molar-refractivity contribution in [1.82, 2.24) is 35.0 Å². The fourth-order valence-electron chi connectivity index (χ4n) is 4.02. The SMILES string of the molecule is CONC(=O)[C@H]1O[C@@H](n2cnc3c(NCc4cc(C)ccn4)nc(-c4cncc(Cl)c4)nc32)[C@H](O)[C@@H]1O. The molecule has 5 rings (SSSR count). The topological polar surface area (TPSA) is 169 Å². The predicted octanol–water partition coefficient (Wildman–Crippen LogP) is 1.15. The number of aromatic nitrogens is 6. The van der Waals surface area contributed by atoms with Crippen LogP contribution in [0.1, 0.15) is 17.5 Å². The number of carbonyl (C=O) groups is 1. The molecule has 0 aromatic carbocycles. The summed E-state index contributed by atoms with van der Waals surface area (Å²) in [6, 6.07) is 5.51. The Balaban J connectivity index is 1.56. The Kier molecular flexibility index (Phi) is 6.95. The molecule has 0 saturated carbocycles. The summed E-state index contributed by atoms with van der Waals surface area (Å²) in [5, 5.41) is 24.8. The minimum absolute atomic E-state index is 0.283. The van der Waals surface area contributed by atoms with Crippen LogP contribution in [0.15, 0.2) is 43.1 Å². The summed E-state index contributed by atoms with van der Waals surface area (Å²) in [4.78, 5) is 39.0. The number of pyridine rings is 2. The van der Waals surface area contributed by atoms with E-state index in [4.69, 9.17) is 16.3 Å². The summed E-state index contributed by atoms with van der Waals surface area (Å²) in [5.74, 6) is -0.0660. The van der Waals surface area contributed by atoms with Crippen molar-refractivity contribution in [3.05, 3.63) is 59.4 Å². The van der Waals surface area contributed by atoms with Gasteiger partial charge in [-0.15, -0.1) is 0 Å². The summed E-state index contributed by atoms with van der Waals surface area (Å²) in [5.41, 5.74) is 5.17. The van der Waals surface area contributed by atoms with Gasteiger partial charge in [-0.05, 0) is 30.7 Å². The highest BCUT2D eigenvalue weighted by Gasteiger charge is 2.48. The summed E-state index contributed by atoms with van der Waals surface area (Å²) in [7, 11) is 1.25. The summed E-state index contributed by atoms with van der Waals surface area (Å²) in [6.07, 6.45) is 0.665. The number of hydroxylamine groups is 1. The molecule has 0 unspecified atom stereocenters. The van der Waals surface area contributed by atoms with Gasteiger partial charge in [-0.2, -0.15) is 0 Å². The molecule has 1 aliphatic heterocycles. The van der Waals surface area contributed by atoms with Gasteiger partial charge in [-0.1, -0.05) is 11.6 Å². The molecule has 0 aliphatic carbocycles. The number of anilines is 1. The Morgan fingerprint density at radius 1 is 1.22 bits per heavy atom. The second kappa shape index (κ2) is 10.3. The number of amides is 1. The van der Waals surface area contributed by atoms with Gasteiger partial charge in [0.05, 0.1) is 30.7 Å². The van der Waals surface area contributed by atoms with Gasteiger partial charge in [-0.25, -0.2) is 20.4 Å². The monoisotopic (exact) mass is 526 g/mol. The van der Waals surface area contributed by atoms with Crippen molar-refractivity contribution < 1.29 is 24.6 Å². The molecule has 0 bridgehead atoms. The number of aliphatic hydroxyl groups excluding tert-OH is 2. The standard InChI is InChI=1S/C23H23ClN8O5/c1-11-3-4-26-14(5-11)9-27-20-15-21(30-19(29-20)12-6-13(24)8-25-7-12)32(10-28-15)23-17(34)16(33)18(37-23)22(35)31-36-2/h3-8,10,16-18,23,33-34H,9H2,1-2H3,(H,31,35)(H,27,29,30)/t16-,17+,18-,23+/m0/s1. The minimum Gasteiger partial charge on any atom is -0.387 e. The molecular formula is C23H23ClN8O5. The molecule has 1 aliphatic rings. The lowest BCUT2D eigenvalue weighted by Gasteiger charge is -2.17. The molecule has 1 amide bonds. The number of hydrogen-bond donors (Lipinski definition) is 4. The number of nitrogens with one attached hydrogen (secondary N) is 2. The van der Waals surface area contributed by atoms with E-state index in [9.17, 15) is 15.0 Å². The van der Waals surface area contributed by atoms with Gasteiger partial charge in [0.15, 0.2) is 35.1 Å². The van der Waals surface area contributed by atoms with E-state index in [0.29, 0.717) is 28.5 Å². The van der Waals surface area contributed by atoms with Crippen LogP contribution in [0.25, 0.3) is 22.6 Å². The molecule has 0 spiro atoms. The zero-order chi connectivity index (χ0) is 26.1. The van der Waals surface area contributed by atoms with E-state index >= 15 is 0 Å². The Labute approximate surface area is 215 Å².